The van der Waals surface area contributed by atoms with Crippen molar-refractivity contribution in [3.63, 3.8) is 0 Å². The molecule has 4 rings (SSSR count). The largest absolute Gasteiger partial charge is 0.282 e. The van der Waals surface area contributed by atoms with Gasteiger partial charge >= 0.3 is 0 Å². The average molecular weight is 360 g/mol. The van der Waals surface area contributed by atoms with Crippen molar-refractivity contribution in [2.24, 2.45) is 10.1 Å². The van der Waals surface area contributed by atoms with Gasteiger partial charge in [-0.1, -0.05) is 84.4 Å². The monoisotopic (exact) mass is 359 g/mol. The number of halogens is 1. The van der Waals surface area contributed by atoms with Crippen molar-refractivity contribution in [3.8, 4) is 0 Å². The van der Waals surface area contributed by atoms with Gasteiger partial charge in [-0.25, -0.2) is 0 Å². The highest BCUT2D eigenvalue weighted by atomic mass is 35.5. The standard InChI is InChI=1S/C22H18ClN3/c23-19-13-7-8-14-20(19)25-26-22-18(16-9-3-1-4-10-16)15-24-21(22)17-11-5-2-6-12-17/h1-14,18,25H,15H2. The van der Waals surface area contributed by atoms with Gasteiger partial charge in [0.25, 0.3) is 0 Å². The number of anilines is 1. The molecule has 1 aliphatic rings. The Morgan fingerprint density at radius 1 is 0.846 bits per heavy atom. The Bertz CT molecular complexity index is 949. The highest BCUT2D eigenvalue weighted by Crippen LogP contribution is 2.27. The van der Waals surface area contributed by atoms with Crippen LogP contribution in [0.5, 0.6) is 0 Å². The smallest absolute Gasteiger partial charge is 0.0958 e. The molecule has 26 heavy (non-hydrogen) atoms. The van der Waals surface area contributed by atoms with Crippen molar-refractivity contribution < 1.29 is 0 Å². The van der Waals surface area contributed by atoms with E-state index >= 15 is 0 Å². The molecule has 0 amide bonds. The molecule has 1 unspecified atom stereocenters. The minimum atomic E-state index is 0.126. The Kier molecular flexibility index (Phi) is 4.80. The number of nitrogens with zero attached hydrogens (tertiary/aromatic N) is 2. The summed E-state index contributed by atoms with van der Waals surface area (Å²) in [6, 6.07) is 28.2. The Morgan fingerprint density at radius 2 is 1.50 bits per heavy atom. The molecule has 0 fully saturated rings. The topological polar surface area (TPSA) is 36.8 Å². The molecular formula is C22H18ClN3. The number of nitrogens with one attached hydrogen (secondary N) is 1. The summed E-state index contributed by atoms with van der Waals surface area (Å²) in [4.78, 5) is 4.79. The summed E-state index contributed by atoms with van der Waals surface area (Å²) < 4.78 is 0. The molecule has 0 aromatic heterocycles. The molecular weight excluding hydrogens is 342 g/mol. The summed E-state index contributed by atoms with van der Waals surface area (Å²) >= 11 is 6.25. The fourth-order valence-electron chi connectivity index (χ4n) is 3.10. The van der Waals surface area contributed by atoms with E-state index in [9.17, 15) is 0 Å². The first-order valence-corrected chi connectivity index (χ1v) is 8.94. The zero-order chi connectivity index (χ0) is 17.8. The molecule has 0 radical (unpaired) electrons. The fourth-order valence-corrected chi connectivity index (χ4v) is 3.28. The summed E-state index contributed by atoms with van der Waals surface area (Å²) in [7, 11) is 0. The van der Waals surface area contributed by atoms with E-state index in [4.69, 9.17) is 21.7 Å². The van der Waals surface area contributed by atoms with Crippen LogP contribution < -0.4 is 5.43 Å². The van der Waals surface area contributed by atoms with Crippen molar-refractivity contribution in [1.29, 1.82) is 0 Å². The van der Waals surface area contributed by atoms with Crippen LogP contribution in [0.4, 0.5) is 5.69 Å². The molecule has 3 nitrogen and oxygen atoms in total. The number of para-hydroxylation sites is 1. The first-order chi connectivity index (χ1) is 12.8. The molecule has 128 valence electrons. The summed E-state index contributed by atoms with van der Waals surface area (Å²) in [5.41, 5.74) is 8.06. The summed E-state index contributed by atoms with van der Waals surface area (Å²) in [6.45, 7) is 0.692. The van der Waals surface area contributed by atoms with Crippen LogP contribution in [-0.4, -0.2) is 18.0 Å². The highest BCUT2D eigenvalue weighted by molar-refractivity contribution is 6.51. The number of hydrazone groups is 1. The van der Waals surface area contributed by atoms with Crippen LogP contribution in [0.15, 0.2) is 95.0 Å². The maximum atomic E-state index is 6.25. The molecule has 0 spiro atoms. The fraction of sp³-hybridized carbons (Fsp3) is 0.0909. The maximum Gasteiger partial charge on any atom is 0.0958 e. The third-order valence-electron chi connectivity index (χ3n) is 4.42. The van der Waals surface area contributed by atoms with Gasteiger partial charge in [-0.2, -0.15) is 5.10 Å². The molecule has 0 saturated carbocycles. The van der Waals surface area contributed by atoms with Gasteiger partial charge < -0.3 is 0 Å². The van der Waals surface area contributed by atoms with Gasteiger partial charge in [0, 0.05) is 11.5 Å². The lowest BCUT2D eigenvalue weighted by molar-refractivity contribution is 0.923. The second-order valence-corrected chi connectivity index (χ2v) is 6.51. The molecule has 1 aliphatic heterocycles. The zero-order valence-corrected chi connectivity index (χ0v) is 14.9. The lowest BCUT2D eigenvalue weighted by Gasteiger charge is -2.13. The minimum Gasteiger partial charge on any atom is -0.282 e. The lowest BCUT2D eigenvalue weighted by atomic mass is 9.92. The van der Waals surface area contributed by atoms with Crippen LogP contribution in [0.2, 0.25) is 5.02 Å². The van der Waals surface area contributed by atoms with Crippen LogP contribution in [0.1, 0.15) is 17.0 Å². The van der Waals surface area contributed by atoms with Crippen LogP contribution in [0, 0.1) is 0 Å². The van der Waals surface area contributed by atoms with Crippen LogP contribution >= 0.6 is 11.6 Å². The van der Waals surface area contributed by atoms with E-state index in [1.165, 1.54) is 5.56 Å². The number of hydrogen-bond donors (Lipinski definition) is 1. The quantitative estimate of drug-likeness (QED) is 0.622. The third-order valence-corrected chi connectivity index (χ3v) is 4.75. The number of rotatable bonds is 4. The first kappa shape index (κ1) is 16.6. The van der Waals surface area contributed by atoms with Crippen LogP contribution in [0.3, 0.4) is 0 Å². The van der Waals surface area contributed by atoms with E-state index in [2.05, 4.69) is 41.8 Å². The molecule has 1 N–H and O–H groups in total. The average Bonchev–Trinajstić information content (AvgIpc) is 3.12. The zero-order valence-electron chi connectivity index (χ0n) is 14.1. The molecule has 0 aliphatic carbocycles. The predicted octanol–water partition coefficient (Wildman–Crippen LogP) is 5.39. The van der Waals surface area contributed by atoms with Gasteiger partial charge in [-0.15, -0.1) is 0 Å². The van der Waals surface area contributed by atoms with Gasteiger partial charge in [0.15, 0.2) is 0 Å². The van der Waals surface area contributed by atoms with Gasteiger partial charge in [-0.3, -0.25) is 10.4 Å². The summed E-state index contributed by atoms with van der Waals surface area (Å²) in [6.07, 6.45) is 0. The van der Waals surface area contributed by atoms with E-state index < -0.39 is 0 Å². The highest BCUT2D eigenvalue weighted by Gasteiger charge is 2.29. The molecule has 0 saturated heterocycles. The minimum absolute atomic E-state index is 0.126. The van der Waals surface area contributed by atoms with E-state index in [1.54, 1.807) is 0 Å². The van der Waals surface area contributed by atoms with Crippen molar-refractivity contribution in [2.75, 3.05) is 12.0 Å². The van der Waals surface area contributed by atoms with Crippen LogP contribution in [-0.2, 0) is 0 Å². The molecule has 1 atom stereocenters. The molecule has 1 heterocycles. The summed E-state index contributed by atoms with van der Waals surface area (Å²) in [5.74, 6) is 0.126. The first-order valence-electron chi connectivity index (χ1n) is 8.56. The number of hydrogen-bond acceptors (Lipinski definition) is 3. The number of aliphatic imine (C=N–C) groups is 1. The van der Waals surface area contributed by atoms with E-state index in [0.717, 1.165) is 22.7 Å². The molecule has 4 heteroatoms. The van der Waals surface area contributed by atoms with E-state index in [0.29, 0.717) is 11.6 Å². The second kappa shape index (κ2) is 7.54. The van der Waals surface area contributed by atoms with Crippen molar-refractivity contribution >= 4 is 28.7 Å². The van der Waals surface area contributed by atoms with E-state index in [1.807, 2.05) is 48.5 Å². The normalized spacial score (nSPS) is 18.0. The lowest BCUT2D eigenvalue weighted by Crippen LogP contribution is -2.20. The van der Waals surface area contributed by atoms with Crippen LogP contribution in [0.25, 0.3) is 0 Å². The maximum absolute atomic E-state index is 6.25. The van der Waals surface area contributed by atoms with Gasteiger partial charge in [0.2, 0.25) is 0 Å². The Morgan fingerprint density at radius 3 is 2.23 bits per heavy atom. The number of benzene rings is 3. The predicted molar refractivity (Wildman–Crippen MR) is 110 cm³/mol. The molecule has 3 aromatic carbocycles. The molecule has 3 aromatic rings. The van der Waals surface area contributed by atoms with E-state index in [-0.39, 0.29) is 5.92 Å². The second-order valence-electron chi connectivity index (χ2n) is 6.11. The third kappa shape index (κ3) is 3.39. The summed E-state index contributed by atoms with van der Waals surface area (Å²) in [5, 5.41) is 5.36. The molecule has 0 bridgehead atoms. The SMILES string of the molecule is Clc1ccccc1NN=C1C(c2ccccc2)=NCC1c1ccccc1. The Labute approximate surface area is 158 Å². The van der Waals surface area contributed by atoms with Gasteiger partial charge in [-0.05, 0) is 17.7 Å². The Hall–Kier alpha value is -2.91. The van der Waals surface area contributed by atoms with Crippen molar-refractivity contribution in [2.45, 2.75) is 5.92 Å². The van der Waals surface area contributed by atoms with Gasteiger partial charge in [0.1, 0.15) is 0 Å². The van der Waals surface area contributed by atoms with Crippen molar-refractivity contribution in [1.82, 2.24) is 0 Å². The Balaban J connectivity index is 1.71. The van der Waals surface area contributed by atoms with Crippen molar-refractivity contribution in [3.05, 3.63) is 101 Å². The van der Waals surface area contributed by atoms with Gasteiger partial charge in [0.05, 0.1) is 28.7 Å².